The van der Waals surface area contributed by atoms with E-state index < -0.39 is 6.04 Å². The summed E-state index contributed by atoms with van der Waals surface area (Å²) in [5.41, 5.74) is 1.39. The lowest BCUT2D eigenvalue weighted by molar-refractivity contribution is -0.122. The maximum atomic E-state index is 12.8. The summed E-state index contributed by atoms with van der Waals surface area (Å²) in [5, 5.41) is 9.87. The van der Waals surface area contributed by atoms with Crippen molar-refractivity contribution in [1.29, 1.82) is 0 Å². The van der Waals surface area contributed by atoms with Crippen molar-refractivity contribution in [3.8, 4) is 0 Å². The molecule has 3 rings (SSSR count). The molecule has 1 aromatic carbocycles. The maximum absolute atomic E-state index is 12.8. The van der Waals surface area contributed by atoms with Gasteiger partial charge in [0.1, 0.15) is 18.7 Å². The molecule has 8 nitrogen and oxygen atoms in total. The molecule has 2 amide bonds. The molecule has 8 heteroatoms. The number of carbonyl (C=O) groups is 2. The highest BCUT2D eigenvalue weighted by Crippen LogP contribution is 2.21. The number of anilines is 2. The second kappa shape index (κ2) is 9.65. The summed E-state index contributed by atoms with van der Waals surface area (Å²) in [6.07, 6.45) is 6.04. The molecule has 0 aliphatic carbocycles. The predicted octanol–water partition coefficient (Wildman–Crippen LogP) is 2.93. The van der Waals surface area contributed by atoms with Crippen LogP contribution in [0.3, 0.4) is 0 Å². The van der Waals surface area contributed by atoms with Gasteiger partial charge in [-0.15, -0.1) is 0 Å². The zero-order chi connectivity index (χ0) is 20.8. The number of benzene rings is 1. The van der Waals surface area contributed by atoms with E-state index in [-0.39, 0.29) is 17.9 Å². The Morgan fingerprint density at radius 2 is 1.79 bits per heavy atom. The molecule has 2 unspecified atom stereocenters. The van der Waals surface area contributed by atoms with Crippen molar-refractivity contribution in [2.75, 3.05) is 23.7 Å². The molecular formula is C21H30N6O2. The Hall–Kier alpha value is -2.74. The normalized spacial score (nSPS) is 18.4. The minimum atomic E-state index is -0.463. The quantitative estimate of drug-likeness (QED) is 0.748. The number of amides is 2. The molecule has 2 N–H and O–H groups in total. The number of nitrogens with one attached hydrogen (secondary N) is 2. The fourth-order valence-electron chi connectivity index (χ4n) is 3.62. The Labute approximate surface area is 171 Å². The van der Waals surface area contributed by atoms with Crippen LogP contribution in [0.4, 0.5) is 11.4 Å². The lowest BCUT2D eigenvalue weighted by atomic mass is 9.99. The van der Waals surface area contributed by atoms with Gasteiger partial charge in [0, 0.05) is 17.9 Å². The topological polar surface area (TPSA) is 92.2 Å². The van der Waals surface area contributed by atoms with Gasteiger partial charge in [-0.2, -0.15) is 5.10 Å². The summed E-state index contributed by atoms with van der Waals surface area (Å²) in [7, 11) is 0. The molecule has 0 saturated carbocycles. The van der Waals surface area contributed by atoms with Gasteiger partial charge in [-0.05, 0) is 56.5 Å². The van der Waals surface area contributed by atoms with Gasteiger partial charge in [0.2, 0.25) is 11.8 Å². The minimum Gasteiger partial charge on any atom is -0.325 e. The van der Waals surface area contributed by atoms with Gasteiger partial charge < -0.3 is 10.6 Å². The zero-order valence-corrected chi connectivity index (χ0v) is 17.3. The second-order valence-corrected chi connectivity index (χ2v) is 8.01. The number of carbonyl (C=O) groups excluding carboxylic acids is 2. The summed E-state index contributed by atoms with van der Waals surface area (Å²) in [4.78, 5) is 31.3. The largest absolute Gasteiger partial charge is 0.325 e. The van der Waals surface area contributed by atoms with Gasteiger partial charge in [0.05, 0.1) is 6.04 Å². The number of hydrogen-bond acceptors (Lipinski definition) is 5. The minimum absolute atomic E-state index is 0.0435. The van der Waals surface area contributed by atoms with Crippen LogP contribution < -0.4 is 10.6 Å². The van der Waals surface area contributed by atoms with E-state index in [0.717, 1.165) is 38.0 Å². The highest BCUT2D eigenvalue weighted by atomic mass is 16.2. The molecule has 156 valence electrons. The molecule has 2 atom stereocenters. The molecule has 1 saturated heterocycles. The Morgan fingerprint density at radius 3 is 2.41 bits per heavy atom. The van der Waals surface area contributed by atoms with Crippen molar-refractivity contribution in [2.45, 2.75) is 52.1 Å². The lowest BCUT2D eigenvalue weighted by Gasteiger charge is -2.35. The Balaban J connectivity index is 1.57. The van der Waals surface area contributed by atoms with Crippen molar-refractivity contribution in [2.24, 2.45) is 5.92 Å². The van der Waals surface area contributed by atoms with Crippen LogP contribution in [0.1, 0.15) is 46.1 Å². The van der Waals surface area contributed by atoms with Crippen LogP contribution in [0.2, 0.25) is 0 Å². The van der Waals surface area contributed by atoms with E-state index in [1.54, 1.807) is 19.1 Å². The van der Waals surface area contributed by atoms with Crippen LogP contribution in [-0.4, -0.2) is 50.6 Å². The van der Waals surface area contributed by atoms with Crippen LogP contribution in [0, 0.1) is 5.92 Å². The monoisotopic (exact) mass is 398 g/mol. The van der Waals surface area contributed by atoms with Crippen LogP contribution in [0.15, 0.2) is 36.9 Å². The van der Waals surface area contributed by atoms with E-state index in [9.17, 15) is 9.59 Å². The highest BCUT2D eigenvalue weighted by Gasteiger charge is 2.28. The lowest BCUT2D eigenvalue weighted by Crippen LogP contribution is -2.48. The Kier molecular flexibility index (Phi) is 6.98. The molecule has 2 aromatic rings. The summed E-state index contributed by atoms with van der Waals surface area (Å²) < 4.78 is 1.50. The smallest absolute Gasteiger partial charge is 0.249 e. The molecule has 1 aromatic heterocycles. The van der Waals surface area contributed by atoms with Crippen LogP contribution in [-0.2, 0) is 9.59 Å². The summed E-state index contributed by atoms with van der Waals surface area (Å²) >= 11 is 0. The van der Waals surface area contributed by atoms with Gasteiger partial charge in [-0.3, -0.25) is 14.5 Å². The number of rotatable bonds is 7. The summed E-state index contributed by atoms with van der Waals surface area (Å²) in [5.74, 6) is 0.395. The number of likely N-dealkylation sites (tertiary alicyclic amines) is 1. The number of piperidine rings is 1. The van der Waals surface area contributed by atoms with E-state index in [1.807, 2.05) is 12.1 Å². The van der Waals surface area contributed by atoms with Crippen LogP contribution in [0.5, 0.6) is 0 Å². The van der Waals surface area contributed by atoms with E-state index in [1.165, 1.54) is 17.3 Å². The fourth-order valence-corrected chi connectivity index (χ4v) is 3.62. The van der Waals surface area contributed by atoms with Gasteiger partial charge in [-0.25, -0.2) is 9.67 Å². The first-order chi connectivity index (χ1) is 13.9. The highest BCUT2D eigenvalue weighted by molar-refractivity contribution is 5.96. The maximum Gasteiger partial charge on any atom is 0.249 e. The van der Waals surface area contributed by atoms with Crippen molar-refractivity contribution in [3.05, 3.63) is 36.9 Å². The molecule has 0 radical (unpaired) electrons. The van der Waals surface area contributed by atoms with E-state index >= 15 is 0 Å². The summed E-state index contributed by atoms with van der Waals surface area (Å²) in [6.45, 7) is 8.03. The van der Waals surface area contributed by atoms with Gasteiger partial charge in [0.25, 0.3) is 0 Å². The van der Waals surface area contributed by atoms with Gasteiger partial charge in [0.15, 0.2) is 0 Å². The van der Waals surface area contributed by atoms with Crippen molar-refractivity contribution >= 4 is 23.2 Å². The van der Waals surface area contributed by atoms with Crippen molar-refractivity contribution in [3.63, 3.8) is 0 Å². The third-order valence-electron chi connectivity index (χ3n) is 5.15. The predicted molar refractivity (Wildman–Crippen MR) is 112 cm³/mol. The van der Waals surface area contributed by atoms with Crippen LogP contribution in [0.25, 0.3) is 0 Å². The first-order valence-electron chi connectivity index (χ1n) is 10.2. The Morgan fingerprint density at radius 1 is 1.10 bits per heavy atom. The first-order valence-corrected chi connectivity index (χ1v) is 10.2. The standard InChI is InChI=1S/C21H30N6O2/c1-15(2)12-26-11-5-4-6-19(26)21(29)25-18-9-7-17(8-10-18)24-20(28)16(3)27-14-22-13-23-27/h7-10,13-16,19H,4-6,11-12H2,1-3H3,(H,24,28)(H,25,29). The molecule has 0 bridgehead atoms. The van der Waals surface area contributed by atoms with E-state index in [0.29, 0.717) is 11.6 Å². The fraction of sp³-hybridized carbons (Fsp3) is 0.524. The molecule has 1 aliphatic heterocycles. The molecule has 0 spiro atoms. The first kappa shape index (κ1) is 21.0. The molecule has 29 heavy (non-hydrogen) atoms. The SMILES string of the molecule is CC(C)CN1CCCCC1C(=O)Nc1ccc(NC(=O)C(C)n2cncn2)cc1. The average molecular weight is 399 g/mol. The third kappa shape index (κ3) is 5.63. The number of nitrogens with zero attached hydrogens (tertiary/aromatic N) is 4. The van der Waals surface area contributed by atoms with Gasteiger partial charge in [-0.1, -0.05) is 20.3 Å². The Bertz CT molecular complexity index is 803. The molecule has 1 aliphatic rings. The van der Waals surface area contributed by atoms with Gasteiger partial charge >= 0.3 is 0 Å². The number of hydrogen-bond donors (Lipinski definition) is 2. The molecule has 2 heterocycles. The van der Waals surface area contributed by atoms with Crippen molar-refractivity contribution in [1.82, 2.24) is 19.7 Å². The van der Waals surface area contributed by atoms with E-state index in [2.05, 4.69) is 39.5 Å². The second-order valence-electron chi connectivity index (χ2n) is 8.01. The molecule has 1 fully saturated rings. The summed E-state index contributed by atoms with van der Waals surface area (Å²) in [6, 6.07) is 6.65. The molecular weight excluding hydrogens is 368 g/mol. The zero-order valence-electron chi connectivity index (χ0n) is 17.3. The van der Waals surface area contributed by atoms with Crippen LogP contribution >= 0.6 is 0 Å². The average Bonchev–Trinajstić information content (AvgIpc) is 3.23. The van der Waals surface area contributed by atoms with Crippen molar-refractivity contribution < 1.29 is 9.59 Å². The third-order valence-corrected chi connectivity index (χ3v) is 5.15. The van der Waals surface area contributed by atoms with E-state index in [4.69, 9.17) is 0 Å². The number of aromatic nitrogens is 3.